The fourth-order valence-corrected chi connectivity index (χ4v) is 3.77. The van der Waals surface area contributed by atoms with Crippen LogP contribution in [0, 0.1) is 0 Å². The summed E-state index contributed by atoms with van der Waals surface area (Å²) in [6.07, 6.45) is 9.94. The lowest BCUT2D eigenvalue weighted by atomic mass is 9.87. The van der Waals surface area contributed by atoms with Gasteiger partial charge in [-0.1, -0.05) is 25.3 Å². The number of aromatic nitrogens is 4. The van der Waals surface area contributed by atoms with Crippen molar-refractivity contribution in [2.45, 2.75) is 44.6 Å². The van der Waals surface area contributed by atoms with Crippen LogP contribution >= 0.6 is 15.9 Å². The minimum Gasteiger partial charge on any atom is -0.384 e. The second-order valence-electron chi connectivity index (χ2n) is 6.57. The summed E-state index contributed by atoms with van der Waals surface area (Å²) in [6, 6.07) is 5.94. The number of fused-ring (bicyclic) bond motifs is 1. The lowest BCUT2D eigenvalue weighted by molar-refractivity contribution is 0.437. The number of hydrogen-bond acceptors (Lipinski definition) is 5. The summed E-state index contributed by atoms with van der Waals surface area (Å²) in [6.45, 7) is 0.661. The fourth-order valence-electron chi connectivity index (χ4n) is 3.42. The van der Waals surface area contributed by atoms with E-state index in [1.165, 1.54) is 32.1 Å². The van der Waals surface area contributed by atoms with Crippen LogP contribution in [0.3, 0.4) is 0 Å². The van der Waals surface area contributed by atoms with E-state index in [-0.39, 0.29) is 0 Å². The summed E-state index contributed by atoms with van der Waals surface area (Å²) < 4.78 is 2.77. The molecule has 3 aromatic rings. The van der Waals surface area contributed by atoms with E-state index in [9.17, 15) is 0 Å². The monoisotopic (exact) mass is 400 g/mol. The Morgan fingerprint density at radius 2 is 2.04 bits per heavy atom. The Labute approximate surface area is 155 Å². The lowest BCUT2D eigenvalue weighted by Gasteiger charge is -2.22. The summed E-state index contributed by atoms with van der Waals surface area (Å²) in [4.78, 5) is 9.01. The molecule has 0 saturated heterocycles. The summed E-state index contributed by atoms with van der Waals surface area (Å²) in [5.41, 5.74) is 8.75. The molecule has 0 radical (unpaired) electrons. The average Bonchev–Trinajstić information content (AvgIpc) is 3.03. The quantitative estimate of drug-likeness (QED) is 0.687. The van der Waals surface area contributed by atoms with Crippen LogP contribution in [-0.4, -0.2) is 19.6 Å². The third kappa shape index (κ3) is 3.46. The second kappa shape index (κ2) is 7.00. The van der Waals surface area contributed by atoms with E-state index in [1.807, 2.05) is 16.6 Å². The highest BCUT2D eigenvalue weighted by molar-refractivity contribution is 9.10. The van der Waals surface area contributed by atoms with Crippen molar-refractivity contribution < 1.29 is 0 Å². The molecule has 6 nitrogen and oxygen atoms in total. The van der Waals surface area contributed by atoms with Crippen LogP contribution < -0.4 is 11.1 Å². The van der Waals surface area contributed by atoms with Crippen molar-refractivity contribution in [1.82, 2.24) is 19.6 Å². The number of nitrogens with zero attached hydrogens (tertiary/aromatic N) is 4. The molecule has 0 amide bonds. The van der Waals surface area contributed by atoms with Crippen molar-refractivity contribution in [2.24, 2.45) is 0 Å². The number of nitrogens with two attached hydrogens (primary N) is 1. The maximum Gasteiger partial charge on any atom is 0.171 e. The number of pyridine rings is 1. The molecule has 7 heteroatoms. The van der Waals surface area contributed by atoms with Crippen LogP contribution in [0.2, 0.25) is 0 Å². The number of rotatable bonds is 4. The largest absolute Gasteiger partial charge is 0.384 e. The van der Waals surface area contributed by atoms with Gasteiger partial charge in [0.2, 0.25) is 0 Å². The van der Waals surface area contributed by atoms with Crippen LogP contribution in [0.15, 0.2) is 35.1 Å². The van der Waals surface area contributed by atoms with Gasteiger partial charge in [0.25, 0.3) is 0 Å². The zero-order valence-corrected chi connectivity index (χ0v) is 15.5. The Bertz CT molecular complexity index is 867. The van der Waals surface area contributed by atoms with Gasteiger partial charge in [-0.2, -0.15) is 9.61 Å². The number of anilines is 2. The van der Waals surface area contributed by atoms with Gasteiger partial charge in [0, 0.05) is 30.4 Å². The molecule has 4 rings (SSSR count). The average molecular weight is 401 g/mol. The predicted molar refractivity (Wildman–Crippen MR) is 102 cm³/mol. The molecule has 0 spiro atoms. The van der Waals surface area contributed by atoms with E-state index in [0.29, 0.717) is 18.3 Å². The molecule has 0 bridgehead atoms. The number of hydrogen-bond donors (Lipinski definition) is 2. The zero-order valence-electron chi connectivity index (χ0n) is 14.0. The minimum atomic E-state index is 0.533. The van der Waals surface area contributed by atoms with Gasteiger partial charge in [-0.15, -0.1) is 0 Å². The van der Waals surface area contributed by atoms with Crippen molar-refractivity contribution >= 4 is 33.2 Å². The van der Waals surface area contributed by atoms with Crippen molar-refractivity contribution in [1.29, 1.82) is 0 Å². The van der Waals surface area contributed by atoms with Gasteiger partial charge in [-0.25, -0.2) is 9.97 Å². The molecule has 3 heterocycles. The second-order valence-corrected chi connectivity index (χ2v) is 7.43. The number of halogens is 1. The van der Waals surface area contributed by atoms with Crippen LogP contribution in [0.5, 0.6) is 0 Å². The molecule has 0 unspecified atom stereocenters. The van der Waals surface area contributed by atoms with E-state index >= 15 is 0 Å². The van der Waals surface area contributed by atoms with E-state index in [0.717, 1.165) is 27.2 Å². The van der Waals surface area contributed by atoms with Gasteiger partial charge in [0.05, 0.1) is 10.7 Å². The predicted octanol–water partition coefficient (Wildman–Crippen LogP) is 4.13. The molecule has 0 aromatic carbocycles. The molecule has 1 aliphatic carbocycles. The lowest BCUT2D eigenvalue weighted by Crippen LogP contribution is -2.11. The first-order valence-corrected chi connectivity index (χ1v) is 9.48. The van der Waals surface area contributed by atoms with E-state index < -0.39 is 0 Å². The third-order valence-electron chi connectivity index (χ3n) is 4.79. The van der Waals surface area contributed by atoms with Crippen molar-refractivity contribution in [3.05, 3.63) is 46.3 Å². The van der Waals surface area contributed by atoms with Crippen LogP contribution in [0.25, 0.3) is 5.65 Å². The van der Waals surface area contributed by atoms with E-state index in [1.54, 1.807) is 12.4 Å². The van der Waals surface area contributed by atoms with Crippen LogP contribution in [-0.2, 0) is 6.54 Å². The summed E-state index contributed by atoms with van der Waals surface area (Å²) in [7, 11) is 0. The number of nitrogens with one attached hydrogen (secondary N) is 1. The molecule has 1 saturated carbocycles. The molecule has 1 fully saturated rings. The van der Waals surface area contributed by atoms with E-state index in [4.69, 9.17) is 10.7 Å². The molecular formula is C18H21BrN6. The first-order valence-electron chi connectivity index (χ1n) is 8.69. The normalized spacial score (nSPS) is 15.6. The molecule has 3 aromatic heterocycles. The van der Waals surface area contributed by atoms with Crippen molar-refractivity contribution in [3.63, 3.8) is 0 Å². The Morgan fingerprint density at radius 3 is 2.80 bits per heavy atom. The Kier molecular flexibility index (Phi) is 4.57. The van der Waals surface area contributed by atoms with Crippen molar-refractivity contribution in [2.75, 3.05) is 11.1 Å². The van der Waals surface area contributed by atoms with Gasteiger partial charge in [0.15, 0.2) is 5.65 Å². The Balaban J connectivity index is 1.64. The molecule has 1 aliphatic rings. The van der Waals surface area contributed by atoms with Gasteiger partial charge < -0.3 is 11.1 Å². The smallest absolute Gasteiger partial charge is 0.171 e. The fraction of sp³-hybridized carbons (Fsp3) is 0.389. The molecule has 0 atom stereocenters. The minimum absolute atomic E-state index is 0.533. The van der Waals surface area contributed by atoms with Gasteiger partial charge in [-0.05, 0) is 40.4 Å². The maximum atomic E-state index is 5.65. The van der Waals surface area contributed by atoms with E-state index in [2.05, 4.69) is 37.4 Å². The number of nitrogen functional groups attached to an aromatic ring is 1. The third-order valence-corrected chi connectivity index (χ3v) is 5.35. The SMILES string of the molecule is Nc1ccc(CNc2cc(C3CCCCC3)nc3c(Br)cnn23)cn1. The highest BCUT2D eigenvalue weighted by Crippen LogP contribution is 2.33. The Morgan fingerprint density at radius 1 is 1.20 bits per heavy atom. The summed E-state index contributed by atoms with van der Waals surface area (Å²) >= 11 is 3.57. The summed E-state index contributed by atoms with van der Waals surface area (Å²) in [5, 5.41) is 7.92. The summed E-state index contributed by atoms with van der Waals surface area (Å²) in [5.74, 6) is 2.03. The van der Waals surface area contributed by atoms with Gasteiger partial charge in [-0.3, -0.25) is 0 Å². The topological polar surface area (TPSA) is 81.1 Å². The molecule has 3 N–H and O–H groups in total. The standard InChI is InChI=1S/C18H21BrN6/c19-14-11-23-25-17(22-10-12-6-7-16(20)21-9-12)8-15(24-18(14)25)13-4-2-1-3-5-13/h6-9,11,13,22H,1-5,10H2,(H2,20,21). The first-order chi connectivity index (χ1) is 12.2. The van der Waals surface area contributed by atoms with Gasteiger partial charge >= 0.3 is 0 Å². The van der Waals surface area contributed by atoms with Crippen LogP contribution in [0.4, 0.5) is 11.6 Å². The molecule has 130 valence electrons. The van der Waals surface area contributed by atoms with Crippen molar-refractivity contribution in [3.8, 4) is 0 Å². The van der Waals surface area contributed by atoms with Crippen LogP contribution in [0.1, 0.15) is 49.3 Å². The Hall–Kier alpha value is -2.15. The zero-order chi connectivity index (χ0) is 17.2. The molecule has 25 heavy (non-hydrogen) atoms. The maximum absolute atomic E-state index is 5.65. The highest BCUT2D eigenvalue weighted by atomic mass is 79.9. The first kappa shape index (κ1) is 16.3. The molecule has 0 aliphatic heterocycles. The van der Waals surface area contributed by atoms with Gasteiger partial charge in [0.1, 0.15) is 11.6 Å². The highest BCUT2D eigenvalue weighted by Gasteiger charge is 2.19. The molecular weight excluding hydrogens is 380 g/mol.